The molecule has 0 amide bonds. The second-order valence-corrected chi connectivity index (χ2v) is 7.82. The van der Waals surface area contributed by atoms with Crippen molar-refractivity contribution in [1.82, 2.24) is 5.32 Å². The van der Waals surface area contributed by atoms with Gasteiger partial charge in [-0.05, 0) is 36.8 Å². The second kappa shape index (κ2) is 4.86. The normalized spacial score (nSPS) is 39.9. The molecule has 2 unspecified atom stereocenters. The number of phenols is 1. The van der Waals surface area contributed by atoms with E-state index in [4.69, 9.17) is 9.47 Å². The molecule has 0 aromatic heterocycles. The van der Waals surface area contributed by atoms with Crippen molar-refractivity contribution in [1.29, 1.82) is 0 Å². The topological polar surface area (TPSA) is 67.8 Å². The number of fused-ring (bicyclic) bond motifs is 1. The summed E-state index contributed by atoms with van der Waals surface area (Å²) in [4.78, 5) is 12.8. The summed E-state index contributed by atoms with van der Waals surface area (Å²) < 4.78 is 12.4. The molecule has 1 aliphatic heterocycles. The summed E-state index contributed by atoms with van der Waals surface area (Å²) in [6.45, 7) is 4.54. The third-order valence-electron chi connectivity index (χ3n) is 7.03. The lowest BCUT2D eigenvalue weighted by Crippen LogP contribution is -2.66. The number of rotatable bonds is 4. The van der Waals surface area contributed by atoms with Gasteiger partial charge in [0.15, 0.2) is 23.4 Å². The van der Waals surface area contributed by atoms with E-state index in [1.807, 2.05) is 12.1 Å². The summed E-state index contributed by atoms with van der Waals surface area (Å²) in [5.41, 5.74) is 1.21. The number of Topliss-reactive ketones (excluding diaryl/α,β-unsaturated/α-hetero) is 1. The first-order chi connectivity index (χ1) is 12.1. The van der Waals surface area contributed by atoms with E-state index in [1.54, 1.807) is 13.2 Å². The fourth-order valence-corrected chi connectivity index (χ4v) is 6.33. The summed E-state index contributed by atoms with van der Waals surface area (Å²) in [5, 5.41) is 14.0. The minimum Gasteiger partial charge on any atom is -0.504 e. The molecule has 2 saturated carbocycles. The number of nitrogens with one attached hydrogen (secondary N) is 1. The zero-order valence-corrected chi connectivity index (χ0v) is 14.4. The maximum atomic E-state index is 12.8. The number of methoxy groups -OCH3 is 1. The van der Waals surface area contributed by atoms with Crippen LogP contribution in [0.4, 0.5) is 0 Å². The largest absolute Gasteiger partial charge is 0.504 e. The van der Waals surface area contributed by atoms with E-state index in [-0.39, 0.29) is 17.6 Å². The van der Waals surface area contributed by atoms with Crippen LogP contribution in [-0.4, -0.2) is 42.3 Å². The lowest BCUT2D eigenvalue weighted by molar-refractivity contribution is -0.153. The zero-order chi connectivity index (χ0) is 17.4. The highest BCUT2D eigenvalue weighted by Crippen LogP contribution is 2.68. The Balaban J connectivity index is 1.79. The Morgan fingerprint density at radius 1 is 1.52 bits per heavy atom. The van der Waals surface area contributed by atoms with E-state index in [0.29, 0.717) is 31.1 Å². The van der Waals surface area contributed by atoms with E-state index in [1.165, 1.54) is 5.56 Å². The first-order valence-electron chi connectivity index (χ1n) is 9.03. The number of carbonyl (C=O) groups excluding carboxylic acids is 1. The van der Waals surface area contributed by atoms with E-state index in [2.05, 4.69) is 11.9 Å². The third kappa shape index (κ3) is 1.55. The van der Waals surface area contributed by atoms with Crippen LogP contribution < -0.4 is 10.1 Å². The van der Waals surface area contributed by atoms with Gasteiger partial charge in [-0.3, -0.25) is 4.79 Å². The van der Waals surface area contributed by atoms with Crippen LogP contribution >= 0.6 is 0 Å². The molecule has 1 aromatic carbocycles. The predicted molar refractivity (Wildman–Crippen MR) is 92.0 cm³/mol. The van der Waals surface area contributed by atoms with Gasteiger partial charge in [-0.15, -0.1) is 6.58 Å². The summed E-state index contributed by atoms with van der Waals surface area (Å²) in [5.74, 6) is 1.13. The molecule has 1 aromatic rings. The van der Waals surface area contributed by atoms with Crippen LogP contribution in [0.3, 0.4) is 0 Å². The van der Waals surface area contributed by atoms with Gasteiger partial charge in [0.2, 0.25) is 0 Å². The number of aromatic hydroxyl groups is 1. The van der Waals surface area contributed by atoms with Crippen LogP contribution in [-0.2, 0) is 21.4 Å². The second-order valence-electron chi connectivity index (χ2n) is 7.82. The van der Waals surface area contributed by atoms with Gasteiger partial charge >= 0.3 is 0 Å². The Hall–Kier alpha value is -1.85. The Morgan fingerprint density at radius 3 is 3.12 bits per heavy atom. The molecule has 2 bridgehead atoms. The summed E-state index contributed by atoms with van der Waals surface area (Å²) in [6.07, 6.45) is 4.21. The van der Waals surface area contributed by atoms with Crippen molar-refractivity contribution in [2.24, 2.45) is 5.92 Å². The lowest BCUT2D eigenvalue weighted by atomic mass is 9.58. The predicted octanol–water partition coefficient (Wildman–Crippen LogP) is 1.86. The molecule has 5 atom stereocenters. The smallest absolute Gasteiger partial charge is 0.174 e. The van der Waals surface area contributed by atoms with Crippen molar-refractivity contribution in [3.05, 3.63) is 35.9 Å². The summed E-state index contributed by atoms with van der Waals surface area (Å²) in [6, 6.07) is 3.82. The molecule has 5 heteroatoms. The monoisotopic (exact) mass is 341 g/mol. The number of benzene rings is 1. The lowest BCUT2D eigenvalue weighted by Gasteiger charge is -2.50. The highest BCUT2D eigenvalue weighted by molar-refractivity contribution is 5.90. The SMILES string of the molecule is C=CCN[C@H]1C2Cc3ccc(O)c4c3C3(C2)[C@H](O4)C(=O)CC[C@]13OC. The van der Waals surface area contributed by atoms with Gasteiger partial charge in [-0.2, -0.15) is 0 Å². The number of hydrogen-bond acceptors (Lipinski definition) is 5. The van der Waals surface area contributed by atoms with Crippen molar-refractivity contribution >= 4 is 5.78 Å². The molecular formula is C20H23NO4. The zero-order valence-electron chi connectivity index (χ0n) is 14.4. The molecule has 5 nitrogen and oxygen atoms in total. The molecule has 5 rings (SSSR count). The maximum absolute atomic E-state index is 12.8. The number of ketones is 1. The van der Waals surface area contributed by atoms with E-state index < -0.39 is 17.1 Å². The first kappa shape index (κ1) is 15.4. The van der Waals surface area contributed by atoms with Crippen LogP contribution in [0, 0.1) is 5.92 Å². The minimum atomic E-state index is -0.554. The van der Waals surface area contributed by atoms with Crippen molar-refractivity contribution in [3.63, 3.8) is 0 Å². The summed E-state index contributed by atoms with van der Waals surface area (Å²) in [7, 11) is 1.76. The Bertz CT molecular complexity index is 790. The molecule has 2 fully saturated rings. The Morgan fingerprint density at radius 2 is 2.36 bits per heavy atom. The van der Waals surface area contributed by atoms with Crippen LogP contribution in [0.5, 0.6) is 11.5 Å². The minimum absolute atomic E-state index is 0.124. The van der Waals surface area contributed by atoms with Gasteiger partial charge in [0.1, 0.15) is 0 Å². The average molecular weight is 341 g/mol. The Kier molecular flexibility index (Phi) is 3.00. The van der Waals surface area contributed by atoms with Crippen LogP contribution in [0.2, 0.25) is 0 Å². The van der Waals surface area contributed by atoms with Crippen molar-refractivity contribution in [3.8, 4) is 11.5 Å². The first-order valence-corrected chi connectivity index (χ1v) is 9.03. The van der Waals surface area contributed by atoms with Crippen LogP contribution in [0.15, 0.2) is 24.8 Å². The molecule has 25 heavy (non-hydrogen) atoms. The number of hydrogen-bond donors (Lipinski definition) is 2. The van der Waals surface area contributed by atoms with Crippen molar-refractivity contribution < 1.29 is 19.4 Å². The molecule has 3 aliphatic carbocycles. The fourth-order valence-electron chi connectivity index (χ4n) is 6.33. The fraction of sp³-hybridized carbons (Fsp3) is 0.550. The molecule has 2 N–H and O–H groups in total. The van der Waals surface area contributed by atoms with Crippen LogP contribution in [0.1, 0.15) is 30.4 Å². The molecule has 1 spiro atoms. The van der Waals surface area contributed by atoms with Crippen LogP contribution in [0.25, 0.3) is 0 Å². The van der Waals surface area contributed by atoms with Crippen molar-refractivity contribution in [2.75, 3.05) is 13.7 Å². The van der Waals surface area contributed by atoms with E-state index in [9.17, 15) is 9.90 Å². The van der Waals surface area contributed by atoms with Gasteiger partial charge in [-0.1, -0.05) is 12.1 Å². The number of ether oxygens (including phenoxy) is 2. The molecule has 0 radical (unpaired) electrons. The Labute approximate surface area is 147 Å². The highest BCUT2D eigenvalue weighted by Gasteiger charge is 2.76. The maximum Gasteiger partial charge on any atom is 0.174 e. The average Bonchev–Trinajstić information content (AvgIpc) is 3.08. The van der Waals surface area contributed by atoms with Gasteiger partial charge in [0.25, 0.3) is 0 Å². The molecule has 1 heterocycles. The van der Waals surface area contributed by atoms with Crippen molar-refractivity contribution in [2.45, 2.75) is 48.8 Å². The third-order valence-corrected chi connectivity index (χ3v) is 7.03. The van der Waals surface area contributed by atoms with Gasteiger partial charge in [-0.25, -0.2) is 0 Å². The molecule has 4 aliphatic rings. The van der Waals surface area contributed by atoms with Gasteiger partial charge in [0, 0.05) is 31.7 Å². The number of phenolic OH excluding ortho intramolecular Hbond substituents is 1. The van der Waals surface area contributed by atoms with E-state index >= 15 is 0 Å². The quantitative estimate of drug-likeness (QED) is 0.818. The molecule has 0 saturated heterocycles. The molecular weight excluding hydrogens is 318 g/mol. The standard InChI is InChI=1S/C20H23NO4/c1-3-8-21-17-12-9-11-4-5-13(22)16-15(11)19(10-12)18(25-16)14(23)6-7-20(17,19)24-2/h3-5,12,17-18,21-22H,1,6-10H2,2H3/t12?,17-,18+,19?,20-/m0/s1. The molecule has 132 valence electrons. The highest BCUT2D eigenvalue weighted by atomic mass is 16.5. The number of carbonyl (C=O) groups is 1. The van der Waals surface area contributed by atoms with Gasteiger partial charge < -0.3 is 19.9 Å². The van der Waals surface area contributed by atoms with E-state index in [0.717, 1.165) is 18.4 Å². The van der Waals surface area contributed by atoms with Gasteiger partial charge in [0.05, 0.1) is 11.0 Å². The summed E-state index contributed by atoms with van der Waals surface area (Å²) >= 11 is 0.